The van der Waals surface area contributed by atoms with Crippen LogP contribution in [0.3, 0.4) is 0 Å². The SMILES string of the molecule is S=C(C=CNC12CCC(CC1)C2)OC12CCC(CC1)C2. The summed E-state index contributed by atoms with van der Waals surface area (Å²) in [4.78, 5) is 0. The molecule has 0 amide bonds. The fourth-order valence-corrected chi connectivity index (χ4v) is 5.45. The average Bonchev–Trinajstić information content (AvgIpc) is 3.17. The van der Waals surface area contributed by atoms with Crippen molar-refractivity contribution in [2.45, 2.75) is 75.3 Å². The van der Waals surface area contributed by atoms with Crippen molar-refractivity contribution < 1.29 is 4.74 Å². The highest BCUT2D eigenvalue weighted by atomic mass is 32.1. The molecule has 20 heavy (non-hydrogen) atoms. The quantitative estimate of drug-likeness (QED) is 0.622. The van der Waals surface area contributed by atoms with Crippen molar-refractivity contribution in [1.29, 1.82) is 0 Å². The highest BCUT2D eigenvalue weighted by Crippen LogP contribution is 2.50. The summed E-state index contributed by atoms with van der Waals surface area (Å²) < 4.78 is 6.14. The Hall–Kier alpha value is -0.570. The van der Waals surface area contributed by atoms with Gasteiger partial charge in [0.15, 0.2) is 5.05 Å². The van der Waals surface area contributed by atoms with Gasteiger partial charge in [-0.05, 0) is 88.3 Å². The molecule has 2 nitrogen and oxygen atoms in total. The number of rotatable bonds is 4. The molecule has 0 aromatic carbocycles. The molecule has 0 saturated heterocycles. The van der Waals surface area contributed by atoms with Crippen molar-refractivity contribution in [2.24, 2.45) is 11.8 Å². The zero-order chi connectivity index (χ0) is 13.6. The highest BCUT2D eigenvalue weighted by molar-refractivity contribution is 7.80. The lowest BCUT2D eigenvalue weighted by molar-refractivity contribution is 0.0725. The van der Waals surface area contributed by atoms with Crippen LogP contribution in [0, 0.1) is 11.8 Å². The number of ether oxygens (including phenoxy) is 1. The Morgan fingerprint density at radius 1 is 1.00 bits per heavy atom. The Labute approximate surface area is 127 Å². The Kier molecular flexibility index (Phi) is 3.10. The first-order valence-electron chi connectivity index (χ1n) is 8.34. The van der Waals surface area contributed by atoms with E-state index in [2.05, 4.69) is 11.5 Å². The van der Waals surface area contributed by atoms with Crippen molar-refractivity contribution in [2.75, 3.05) is 0 Å². The number of thiocarbonyl (C=S) groups is 1. The maximum absolute atomic E-state index is 6.14. The van der Waals surface area contributed by atoms with E-state index in [1.165, 1.54) is 64.2 Å². The van der Waals surface area contributed by atoms with Gasteiger partial charge in [-0.15, -0.1) is 0 Å². The largest absolute Gasteiger partial charge is 0.477 e. The van der Waals surface area contributed by atoms with E-state index in [0.717, 1.165) is 11.8 Å². The molecule has 0 aliphatic heterocycles. The first kappa shape index (κ1) is 13.1. The van der Waals surface area contributed by atoms with Crippen LogP contribution in [-0.2, 0) is 4.74 Å². The van der Waals surface area contributed by atoms with Gasteiger partial charge in [0.1, 0.15) is 5.60 Å². The fraction of sp³-hybridized carbons (Fsp3) is 0.824. The van der Waals surface area contributed by atoms with Gasteiger partial charge < -0.3 is 10.1 Å². The topological polar surface area (TPSA) is 21.3 Å². The third kappa shape index (κ3) is 2.28. The second-order valence-corrected chi connectivity index (χ2v) is 8.06. The molecular formula is C17H25NOS. The van der Waals surface area contributed by atoms with Crippen LogP contribution in [0.25, 0.3) is 0 Å². The summed E-state index contributed by atoms with van der Waals surface area (Å²) in [6.45, 7) is 0. The van der Waals surface area contributed by atoms with E-state index in [9.17, 15) is 0 Å². The summed E-state index contributed by atoms with van der Waals surface area (Å²) in [5, 5.41) is 4.32. The van der Waals surface area contributed by atoms with E-state index in [1.54, 1.807) is 0 Å². The van der Waals surface area contributed by atoms with Crippen LogP contribution in [0.4, 0.5) is 0 Å². The summed E-state index contributed by atoms with van der Waals surface area (Å²) in [5.41, 5.74) is 0.497. The molecule has 0 spiro atoms. The zero-order valence-corrected chi connectivity index (χ0v) is 13.0. The molecule has 4 fully saturated rings. The molecule has 4 aliphatic rings. The minimum Gasteiger partial charge on any atom is -0.477 e. The summed E-state index contributed by atoms with van der Waals surface area (Å²) in [6, 6.07) is 0. The Morgan fingerprint density at radius 3 is 2.20 bits per heavy atom. The second kappa shape index (κ2) is 4.72. The van der Waals surface area contributed by atoms with E-state index in [4.69, 9.17) is 17.0 Å². The first-order chi connectivity index (χ1) is 9.67. The van der Waals surface area contributed by atoms with Crippen LogP contribution in [0.1, 0.15) is 64.2 Å². The molecule has 0 aromatic rings. The third-order valence-electron chi connectivity index (χ3n) is 6.34. The van der Waals surface area contributed by atoms with Crippen molar-refractivity contribution >= 4 is 17.3 Å². The predicted molar refractivity (Wildman–Crippen MR) is 84.6 cm³/mol. The number of hydrogen-bond donors (Lipinski definition) is 1. The van der Waals surface area contributed by atoms with E-state index >= 15 is 0 Å². The first-order valence-corrected chi connectivity index (χ1v) is 8.75. The van der Waals surface area contributed by atoms with E-state index in [0.29, 0.717) is 10.6 Å². The van der Waals surface area contributed by atoms with E-state index < -0.39 is 0 Å². The van der Waals surface area contributed by atoms with Crippen LogP contribution < -0.4 is 5.32 Å². The lowest BCUT2D eigenvalue weighted by atomic mass is 9.94. The third-order valence-corrected chi connectivity index (χ3v) is 6.56. The van der Waals surface area contributed by atoms with Gasteiger partial charge in [0.25, 0.3) is 0 Å². The van der Waals surface area contributed by atoms with Gasteiger partial charge in [-0.2, -0.15) is 0 Å². The molecule has 4 aliphatic carbocycles. The Balaban J connectivity index is 1.30. The standard InChI is InChI=1S/C17H25NOS/c20-15(19-17-8-3-14(12-17)4-9-17)5-10-18-16-6-1-13(11-16)2-7-16/h5,10,13-14,18H,1-4,6-9,11-12H2. The zero-order valence-electron chi connectivity index (χ0n) is 12.2. The monoisotopic (exact) mass is 291 g/mol. The van der Waals surface area contributed by atoms with Crippen molar-refractivity contribution in [1.82, 2.24) is 5.32 Å². The van der Waals surface area contributed by atoms with Gasteiger partial charge in [0.05, 0.1) is 0 Å². The van der Waals surface area contributed by atoms with Crippen molar-refractivity contribution in [3.63, 3.8) is 0 Å². The smallest absolute Gasteiger partial charge is 0.185 e. The lowest BCUT2D eigenvalue weighted by Gasteiger charge is -2.28. The van der Waals surface area contributed by atoms with Gasteiger partial charge in [-0.25, -0.2) is 0 Å². The van der Waals surface area contributed by atoms with Crippen molar-refractivity contribution in [3.05, 3.63) is 12.3 Å². The van der Waals surface area contributed by atoms with Crippen molar-refractivity contribution in [3.8, 4) is 0 Å². The van der Waals surface area contributed by atoms with E-state index in [1.807, 2.05) is 6.08 Å². The molecule has 0 atom stereocenters. The van der Waals surface area contributed by atoms with Crippen LogP contribution in [0.15, 0.2) is 12.3 Å². The summed E-state index contributed by atoms with van der Waals surface area (Å²) in [5.74, 6) is 1.89. The second-order valence-electron chi connectivity index (χ2n) is 7.66. The molecule has 0 unspecified atom stereocenters. The summed E-state index contributed by atoms with van der Waals surface area (Å²) in [6.07, 6.45) is 17.2. The minimum absolute atomic E-state index is 0.107. The van der Waals surface area contributed by atoms with Gasteiger partial charge >= 0.3 is 0 Å². The van der Waals surface area contributed by atoms with Gasteiger partial charge in [0, 0.05) is 17.8 Å². The average molecular weight is 291 g/mol. The van der Waals surface area contributed by atoms with Gasteiger partial charge in [0.2, 0.25) is 0 Å². The molecule has 0 radical (unpaired) electrons. The van der Waals surface area contributed by atoms with Crippen LogP contribution in [-0.4, -0.2) is 16.2 Å². The molecule has 110 valence electrons. The minimum atomic E-state index is 0.107. The summed E-state index contributed by atoms with van der Waals surface area (Å²) in [7, 11) is 0. The molecule has 1 N–H and O–H groups in total. The normalized spacial score (nSPS) is 45.4. The fourth-order valence-electron chi connectivity index (χ4n) is 5.21. The van der Waals surface area contributed by atoms with Crippen LogP contribution in [0.5, 0.6) is 0 Å². The van der Waals surface area contributed by atoms with Gasteiger partial charge in [-0.1, -0.05) is 0 Å². The molecule has 4 bridgehead atoms. The van der Waals surface area contributed by atoms with Crippen LogP contribution >= 0.6 is 12.2 Å². The summed E-state index contributed by atoms with van der Waals surface area (Å²) >= 11 is 5.42. The highest BCUT2D eigenvalue weighted by Gasteiger charge is 2.47. The maximum atomic E-state index is 6.14. The maximum Gasteiger partial charge on any atom is 0.185 e. The number of fused-ring (bicyclic) bond motifs is 4. The molecule has 0 heterocycles. The van der Waals surface area contributed by atoms with E-state index in [-0.39, 0.29) is 5.60 Å². The molecule has 4 saturated carbocycles. The molecule has 0 aromatic heterocycles. The number of hydrogen-bond acceptors (Lipinski definition) is 3. The predicted octanol–water partition coefficient (Wildman–Crippen LogP) is 4.10. The molecule has 4 rings (SSSR count). The Bertz CT molecular complexity index is 428. The molecular weight excluding hydrogens is 266 g/mol. The number of nitrogens with one attached hydrogen (secondary N) is 1. The Morgan fingerprint density at radius 2 is 1.65 bits per heavy atom. The molecule has 3 heteroatoms. The lowest BCUT2D eigenvalue weighted by Crippen LogP contribution is -2.37. The van der Waals surface area contributed by atoms with Crippen LogP contribution in [0.2, 0.25) is 0 Å². The van der Waals surface area contributed by atoms with Gasteiger partial charge in [-0.3, -0.25) is 0 Å².